The van der Waals surface area contributed by atoms with E-state index in [9.17, 15) is 0 Å². The van der Waals surface area contributed by atoms with Crippen molar-refractivity contribution in [1.29, 1.82) is 0 Å². The van der Waals surface area contributed by atoms with Crippen LogP contribution in [-0.2, 0) is 0 Å². The topological polar surface area (TPSA) is 20.2 Å². The molecule has 0 saturated carbocycles. The molecule has 0 spiro atoms. The Hall–Kier alpha value is 0.430. The minimum atomic E-state index is -0.222. The number of alkyl halides is 2. The van der Waals surface area contributed by atoms with Gasteiger partial charge in [0.15, 0.2) is 0 Å². The molecule has 1 N–H and O–H groups in total. The molecule has 0 bridgehead atoms. The first-order valence-corrected chi connectivity index (χ1v) is 5.94. The van der Waals surface area contributed by atoms with E-state index in [1.807, 2.05) is 24.3 Å². The fraction of sp³-hybridized carbons (Fsp3) is 0.333. The van der Waals surface area contributed by atoms with E-state index in [-0.39, 0.29) is 16.8 Å². The number of rotatable bonds is 3. The molecular formula is C9H9Br2ClO. The Bertz CT molecular complexity index is 280. The highest BCUT2D eigenvalue weighted by molar-refractivity contribution is 9.10. The molecule has 0 saturated heterocycles. The van der Waals surface area contributed by atoms with Crippen LogP contribution in [0.2, 0.25) is 0 Å². The van der Waals surface area contributed by atoms with Crippen molar-refractivity contribution >= 4 is 43.5 Å². The van der Waals surface area contributed by atoms with Gasteiger partial charge in [-0.05, 0) is 11.6 Å². The highest BCUT2D eigenvalue weighted by Gasteiger charge is 2.18. The van der Waals surface area contributed by atoms with Crippen molar-refractivity contribution in [3.05, 3.63) is 34.3 Å². The SMILES string of the molecule is OCC(Br)C(Cl)c1ccccc1Br. The number of aliphatic hydroxyl groups excluding tert-OH is 1. The van der Waals surface area contributed by atoms with Crippen molar-refractivity contribution in [2.75, 3.05) is 6.61 Å². The van der Waals surface area contributed by atoms with E-state index in [1.165, 1.54) is 0 Å². The number of aliphatic hydroxyl groups is 1. The third-order valence-electron chi connectivity index (χ3n) is 1.69. The van der Waals surface area contributed by atoms with Gasteiger partial charge in [-0.2, -0.15) is 0 Å². The van der Waals surface area contributed by atoms with E-state index in [4.69, 9.17) is 16.7 Å². The van der Waals surface area contributed by atoms with Crippen LogP contribution in [0, 0.1) is 0 Å². The summed E-state index contributed by atoms with van der Waals surface area (Å²) in [5.74, 6) is 0. The first-order chi connectivity index (χ1) is 6.16. The molecule has 0 heterocycles. The second-order valence-corrected chi connectivity index (χ2v) is 5.12. The molecule has 1 rings (SSSR count). The van der Waals surface area contributed by atoms with Gasteiger partial charge in [0.05, 0.1) is 16.8 Å². The molecule has 72 valence electrons. The number of hydrogen-bond donors (Lipinski definition) is 1. The van der Waals surface area contributed by atoms with Gasteiger partial charge in [0, 0.05) is 4.47 Å². The van der Waals surface area contributed by atoms with E-state index in [0.717, 1.165) is 10.0 Å². The summed E-state index contributed by atoms with van der Waals surface area (Å²) < 4.78 is 0.966. The average molecular weight is 328 g/mol. The predicted molar refractivity (Wildman–Crippen MR) is 62.5 cm³/mol. The van der Waals surface area contributed by atoms with Crippen molar-refractivity contribution in [3.8, 4) is 0 Å². The number of benzene rings is 1. The molecule has 2 atom stereocenters. The molecule has 0 amide bonds. The van der Waals surface area contributed by atoms with Crippen LogP contribution in [0.1, 0.15) is 10.9 Å². The maximum atomic E-state index is 8.91. The Morgan fingerprint density at radius 1 is 1.38 bits per heavy atom. The van der Waals surface area contributed by atoms with E-state index in [0.29, 0.717) is 0 Å². The Balaban J connectivity index is 2.88. The summed E-state index contributed by atoms with van der Waals surface area (Å²) in [7, 11) is 0. The smallest absolute Gasteiger partial charge is 0.0743 e. The van der Waals surface area contributed by atoms with Gasteiger partial charge in [0.2, 0.25) is 0 Å². The molecule has 2 unspecified atom stereocenters. The molecule has 4 heteroatoms. The van der Waals surface area contributed by atoms with E-state index in [1.54, 1.807) is 0 Å². The highest BCUT2D eigenvalue weighted by atomic mass is 79.9. The Morgan fingerprint density at radius 3 is 2.54 bits per heavy atom. The maximum Gasteiger partial charge on any atom is 0.0743 e. The van der Waals surface area contributed by atoms with Crippen LogP contribution in [-0.4, -0.2) is 16.5 Å². The van der Waals surface area contributed by atoms with E-state index >= 15 is 0 Å². The summed E-state index contributed by atoms with van der Waals surface area (Å²) >= 11 is 12.8. The zero-order chi connectivity index (χ0) is 9.84. The fourth-order valence-corrected chi connectivity index (χ4v) is 2.20. The predicted octanol–water partition coefficient (Wildman–Crippen LogP) is 3.48. The molecule has 0 radical (unpaired) electrons. The monoisotopic (exact) mass is 326 g/mol. The van der Waals surface area contributed by atoms with Crippen LogP contribution >= 0.6 is 43.5 Å². The van der Waals surface area contributed by atoms with Gasteiger partial charge in [-0.25, -0.2) is 0 Å². The standard InChI is InChI=1S/C9H9Br2ClO/c10-7-4-2-1-3-6(7)9(12)8(11)5-13/h1-4,8-9,13H,5H2. The van der Waals surface area contributed by atoms with Gasteiger partial charge >= 0.3 is 0 Å². The van der Waals surface area contributed by atoms with Crippen molar-refractivity contribution in [2.45, 2.75) is 10.2 Å². The average Bonchev–Trinajstić information content (AvgIpc) is 2.16. The molecule has 0 aliphatic rings. The lowest BCUT2D eigenvalue weighted by Crippen LogP contribution is -2.11. The van der Waals surface area contributed by atoms with Gasteiger partial charge in [-0.15, -0.1) is 11.6 Å². The second-order valence-electron chi connectivity index (χ2n) is 2.62. The summed E-state index contributed by atoms with van der Waals surface area (Å²) in [5, 5.41) is 8.69. The Labute approximate surface area is 99.4 Å². The van der Waals surface area contributed by atoms with Crippen LogP contribution < -0.4 is 0 Å². The zero-order valence-electron chi connectivity index (χ0n) is 6.75. The maximum absolute atomic E-state index is 8.91. The lowest BCUT2D eigenvalue weighted by Gasteiger charge is -2.15. The first kappa shape index (κ1) is 11.5. The Kier molecular flexibility index (Phi) is 4.73. The largest absolute Gasteiger partial charge is 0.395 e. The quantitative estimate of drug-likeness (QED) is 0.842. The summed E-state index contributed by atoms with van der Waals surface area (Å²) in [4.78, 5) is -0.118. The third kappa shape index (κ3) is 2.94. The van der Waals surface area contributed by atoms with Gasteiger partial charge in [-0.1, -0.05) is 50.1 Å². The molecule has 1 aromatic rings. The van der Waals surface area contributed by atoms with Crippen LogP contribution in [0.15, 0.2) is 28.7 Å². The molecule has 0 fully saturated rings. The van der Waals surface area contributed by atoms with Crippen molar-refractivity contribution in [2.24, 2.45) is 0 Å². The number of hydrogen-bond acceptors (Lipinski definition) is 1. The van der Waals surface area contributed by atoms with Gasteiger partial charge in [0.1, 0.15) is 0 Å². The third-order valence-corrected chi connectivity index (χ3v) is 4.08. The minimum absolute atomic E-state index is 0.0233. The van der Waals surface area contributed by atoms with Crippen LogP contribution in [0.3, 0.4) is 0 Å². The van der Waals surface area contributed by atoms with Gasteiger partial charge in [0.25, 0.3) is 0 Å². The summed E-state index contributed by atoms with van der Waals surface area (Å²) in [6.45, 7) is 0.0233. The van der Waals surface area contributed by atoms with Gasteiger partial charge < -0.3 is 5.11 Å². The molecule has 0 aromatic heterocycles. The van der Waals surface area contributed by atoms with Crippen LogP contribution in [0.25, 0.3) is 0 Å². The Morgan fingerprint density at radius 2 is 2.00 bits per heavy atom. The zero-order valence-corrected chi connectivity index (χ0v) is 10.7. The highest BCUT2D eigenvalue weighted by Crippen LogP contribution is 2.33. The molecular weight excluding hydrogens is 319 g/mol. The van der Waals surface area contributed by atoms with Gasteiger partial charge in [-0.3, -0.25) is 0 Å². The summed E-state index contributed by atoms with van der Waals surface area (Å²) in [6.07, 6.45) is 0. The second kappa shape index (κ2) is 5.35. The first-order valence-electron chi connectivity index (χ1n) is 3.80. The van der Waals surface area contributed by atoms with Crippen LogP contribution in [0.4, 0.5) is 0 Å². The van der Waals surface area contributed by atoms with Crippen molar-refractivity contribution in [1.82, 2.24) is 0 Å². The molecule has 13 heavy (non-hydrogen) atoms. The fourth-order valence-electron chi connectivity index (χ4n) is 0.986. The molecule has 0 aliphatic heterocycles. The lowest BCUT2D eigenvalue weighted by atomic mass is 10.1. The number of halogens is 3. The lowest BCUT2D eigenvalue weighted by molar-refractivity contribution is 0.294. The minimum Gasteiger partial charge on any atom is -0.395 e. The molecule has 1 nitrogen and oxygen atoms in total. The normalized spacial score (nSPS) is 15.4. The van der Waals surface area contributed by atoms with Crippen molar-refractivity contribution < 1.29 is 5.11 Å². The summed E-state index contributed by atoms with van der Waals surface area (Å²) in [6, 6.07) is 7.72. The van der Waals surface area contributed by atoms with Crippen LogP contribution in [0.5, 0.6) is 0 Å². The van der Waals surface area contributed by atoms with E-state index in [2.05, 4.69) is 31.9 Å². The van der Waals surface area contributed by atoms with E-state index < -0.39 is 0 Å². The molecule has 1 aromatic carbocycles. The van der Waals surface area contributed by atoms with Crippen molar-refractivity contribution in [3.63, 3.8) is 0 Å². The summed E-state index contributed by atoms with van der Waals surface area (Å²) in [5.41, 5.74) is 0.986. The molecule has 0 aliphatic carbocycles.